The summed E-state index contributed by atoms with van der Waals surface area (Å²) in [5.41, 5.74) is 4.00. The smallest absolute Gasteiger partial charge is 0.262 e. The number of fused-ring (bicyclic) bond motifs is 1. The maximum Gasteiger partial charge on any atom is 0.262 e. The van der Waals surface area contributed by atoms with Crippen molar-refractivity contribution in [2.75, 3.05) is 25.6 Å². The van der Waals surface area contributed by atoms with Crippen LogP contribution in [0.25, 0.3) is 0 Å². The number of nitrogens with one attached hydrogen (secondary N) is 1. The fourth-order valence-corrected chi connectivity index (χ4v) is 4.53. The maximum absolute atomic E-state index is 13.6. The lowest BCUT2D eigenvalue weighted by molar-refractivity contribution is 0.0743. The Balaban J connectivity index is 1.35. The molecule has 3 aromatic carbocycles. The van der Waals surface area contributed by atoms with Crippen LogP contribution in [0.3, 0.4) is 0 Å². The van der Waals surface area contributed by atoms with Crippen molar-refractivity contribution in [2.45, 2.75) is 32.2 Å². The predicted octanol–water partition coefficient (Wildman–Crippen LogP) is 4.04. The number of benzene rings is 3. The summed E-state index contributed by atoms with van der Waals surface area (Å²) in [6, 6.07) is 16.1. The third-order valence-electron chi connectivity index (χ3n) is 6.39. The lowest BCUT2D eigenvalue weighted by atomic mass is 10.1. The quantitative estimate of drug-likeness (QED) is 0.473. The number of rotatable bonds is 7. The van der Waals surface area contributed by atoms with Crippen molar-refractivity contribution in [3.63, 3.8) is 0 Å². The lowest BCUT2D eigenvalue weighted by Crippen LogP contribution is -2.26. The highest BCUT2D eigenvalue weighted by atomic mass is 16.5. The first-order valence-electron chi connectivity index (χ1n) is 11.6. The van der Waals surface area contributed by atoms with E-state index in [1.165, 1.54) is 6.07 Å². The molecular weight excluding hydrogens is 448 g/mol. The molecular formula is C27H28N2O6. The van der Waals surface area contributed by atoms with Crippen molar-refractivity contribution in [3.8, 4) is 23.0 Å². The van der Waals surface area contributed by atoms with E-state index in [1.54, 1.807) is 12.0 Å². The molecule has 0 saturated carbocycles. The van der Waals surface area contributed by atoms with Gasteiger partial charge in [0.05, 0.1) is 19.8 Å². The molecule has 1 unspecified atom stereocenters. The number of hydrogen-bond acceptors (Lipinski definition) is 7. The Kier molecular flexibility index (Phi) is 6.37. The van der Waals surface area contributed by atoms with Gasteiger partial charge in [0, 0.05) is 37.5 Å². The number of ether oxygens (including phenoxy) is 3. The van der Waals surface area contributed by atoms with Crippen LogP contribution in [0.4, 0.5) is 5.69 Å². The van der Waals surface area contributed by atoms with Crippen LogP contribution in [0.15, 0.2) is 54.6 Å². The number of phenolic OH excluding ortho intramolecular Hbond substituents is 2. The Labute approximate surface area is 203 Å². The van der Waals surface area contributed by atoms with Crippen LogP contribution in [-0.4, -0.2) is 47.4 Å². The van der Waals surface area contributed by atoms with Crippen molar-refractivity contribution < 1.29 is 29.2 Å². The molecule has 35 heavy (non-hydrogen) atoms. The van der Waals surface area contributed by atoms with Gasteiger partial charge in [-0.05, 0) is 41.3 Å². The third kappa shape index (κ3) is 4.83. The summed E-state index contributed by atoms with van der Waals surface area (Å²) < 4.78 is 16.5. The zero-order valence-corrected chi connectivity index (χ0v) is 19.5. The normalized spacial score (nSPS) is 16.7. The molecule has 2 aliphatic heterocycles. The molecule has 0 radical (unpaired) electrons. The van der Waals surface area contributed by atoms with Gasteiger partial charge in [-0.2, -0.15) is 0 Å². The second kappa shape index (κ2) is 9.76. The molecule has 5 rings (SSSR count). The Morgan fingerprint density at radius 1 is 1.14 bits per heavy atom. The number of methoxy groups -OCH3 is 1. The first-order valence-corrected chi connectivity index (χ1v) is 11.6. The summed E-state index contributed by atoms with van der Waals surface area (Å²) in [6.45, 7) is 2.40. The topological polar surface area (TPSA) is 100 Å². The molecule has 1 saturated heterocycles. The summed E-state index contributed by atoms with van der Waals surface area (Å²) in [5, 5.41) is 24.2. The molecule has 0 bridgehead atoms. The minimum atomic E-state index is -0.362. The number of carbonyl (C=O) groups is 1. The van der Waals surface area contributed by atoms with Gasteiger partial charge in [0.15, 0.2) is 0 Å². The van der Waals surface area contributed by atoms with Gasteiger partial charge in [0.1, 0.15) is 35.2 Å². The molecule has 3 N–H and O–H groups in total. The van der Waals surface area contributed by atoms with E-state index in [4.69, 9.17) is 14.2 Å². The first-order chi connectivity index (χ1) is 17.0. The zero-order valence-electron chi connectivity index (χ0n) is 19.5. The molecule has 0 spiro atoms. The number of hydrogen-bond donors (Lipinski definition) is 3. The molecule has 182 valence electrons. The number of amides is 1. The van der Waals surface area contributed by atoms with Crippen LogP contribution < -0.4 is 14.8 Å². The molecule has 8 heteroatoms. The van der Waals surface area contributed by atoms with Gasteiger partial charge in [-0.25, -0.2) is 0 Å². The molecule has 1 fully saturated rings. The van der Waals surface area contributed by atoms with Crippen LogP contribution in [-0.2, 0) is 24.4 Å². The van der Waals surface area contributed by atoms with Gasteiger partial charge in [0.25, 0.3) is 5.91 Å². The fraction of sp³-hybridized carbons (Fsp3) is 0.296. The minimum Gasteiger partial charge on any atom is -0.508 e. The molecule has 0 aromatic heterocycles. The number of anilines is 1. The first kappa shape index (κ1) is 22.9. The van der Waals surface area contributed by atoms with Gasteiger partial charge in [0.2, 0.25) is 0 Å². The molecule has 2 heterocycles. The summed E-state index contributed by atoms with van der Waals surface area (Å²) >= 11 is 0. The van der Waals surface area contributed by atoms with Crippen molar-refractivity contribution in [1.29, 1.82) is 0 Å². The van der Waals surface area contributed by atoms with E-state index in [1.807, 2.05) is 42.5 Å². The molecule has 8 nitrogen and oxygen atoms in total. The molecule has 3 aromatic rings. The van der Waals surface area contributed by atoms with Crippen LogP contribution in [0.5, 0.6) is 23.0 Å². The van der Waals surface area contributed by atoms with Crippen LogP contribution in [0.1, 0.15) is 33.5 Å². The summed E-state index contributed by atoms with van der Waals surface area (Å²) in [5.74, 6) is -0.0160. The van der Waals surface area contributed by atoms with Crippen molar-refractivity contribution in [3.05, 3.63) is 76.9 Å². The third-order valence-corrected chi connectivity index (χ3v) is 6.39. The minimum absolute atomic E-state index is 0.0304. The Hall–Kier alpha value is -3.91. The highest BCUT2D eigenvalue weighted by Gasteiger charge is 2.31. The van der Waals surface area contributed by atoms with E-state index in [0.717, 1.165) is 47.2 Å². The monoisotopic (exact) mass is 476 g/mol. The van der Waals surface area contributed by atoms with Gasteiger partial charge in [-0.1, -0.05) is 24.3 Å². The van der Waals surface area contributed by atoms with E-state index < -0.39 is 0 Å². The number of carbonyl (C=O) groups excluding carboxylic acids is 1. The summed E-state index contributed by atoms with van der Waals surface area (Å²) in [4.78, 5) is 15.2. The van der Waals surface area contributed by atoms with Gasteiger partial charge >= 0.3 is 0 Å². The van der Waals surface area contributed by atoms with E-state index in [2.05, 4.69) is 5.32 Å². The standard InChI is InChI=1S/C27H28N2O6/c1-33-21-7-5-17(6-8-21)15-35-25-12-20(30)11-24(31)26(25)27(32)29-13-18-3-2-4-23(22(18)14-29)28-19-9-10-34-16-19/h2-8,11-12,19,28,30-31H,9-10,13-16H2,1H3. The van der Waals surface area contributed by atoms with Crippen molar-refractivity contribution >= 4 is 11.6 Å². The number of nitrogens with zero attached hydrogens (tertiary/aromatic N) is 1. The van der Waals surface area contributed by atoms with E-state index in [-0.39, 0.29) is 41.4 Å². The van der Waals surface area contributed by atoms with Crippen LogP contribution in [0, 0.1) is 0 Å². The zero-order chi connectivity index (χ0) is 24.4. The lowest BCUT2D eigenvalue weighted by Gasteiger charge is -2.20. The Morgan fingerprint density at radius 3 is 2.71 bits per heavy atom. The van der Waals surface area contributed by atoms with Crippen molar-refractivity contribution in [1.82, 2.24) is 4.90 Å². The van der Waals surface area contributed by atoms with E-state index in [9.17, 15) is 15.0 Å². The van der Waals surface area contributed by atoms with Crippen LogP contribution in [0.2, 0.25) is 0 Å². The average molecular weight is 477 g/mol. The van der Waals surface area contributed by atoms with Gasteiger partial charge in [-0.3, -0.25) is 4.79 Å². The maximum atomic E-state index is 13.6. The second-order valence-electron chi connectivity index (χ2n) is 8.78. The molecule has 0 aliphatic carbocycles. The van der Waals surface area contributed by atoms with Gasteiger partial charge < -0.3 is 34.6 Å². The summed E-state index contributed by atoms with van der Waals surface area (Å²) in [7, 11) is 1.59. The number of phenols is 2. The second-order valence-corrected chi connectivity index (χ2v) is 8.78. The largest absolute Gasteiger partial charge is 0.508 e. The van der Waals surface area contributed by atoms with E-state index >= 15 is 0 Å². The SMILES string of the molecule is COc1ccc(COc2cc(O)cc(O)c2C(=O)N2Cc3cccc(NC4CCOC4)c3C2)cc1. The van der Waals surface area contributed by atoms with E-state index in [0.29, 0.717) is 19.7 Å². The Bertz CT molecular complexity index is 1220. The number of aromatic hydroxyl groups is 2. The predicted molar refractivity (Wildman–Crippen MR) is 130 cm³/mol. The van der Waals surface area contributed by atoms with Crippen molar-refractivity contribution in [2.24, 2.45) is 0 Å². The van der Waals surface area contributed by atoms with Gasteiger partial charge in [-0.15, -0.1) is 0 Å². The molecule has 2 aliphatic rings. The highest BCUT2D eigenvalue weighted by Crippen LogP contribution is 2.37. The summed E-state index contributed by atoms with van der Waals surface area (Å²) in [6.07, 6.45) is 0.947. The molecule has 1 atom stereocenters. The average Bonchev–Trinajstić information content (AvgIpc) is 3.53. The molecule has 1 amide bonds. The fourth-order valence-electron chi connectivity index (χ4n) is 4.53. The Morgan fingerprint density at radius 2 is 1.97 bits per heavy atom. The highest BCUT2D eigenvalue weighted by molar-refractivity contribution is 6.00. The van der Waals surface area contributed by atoms with Crippen LogP contribution >= 0.6 is 0 Å².